The van der Waals surface area contributed by atoms with E-state index < -0.39 is 0 Å². The predicted octanol–water partition coefficient (Wildman–Crippen LogP) is 4.05. The van der Waals surface area contributed by atoms with Gasteiger partial charge >= 0.3 is 0 Å². The van der Waals surface area contributed by atoms with Crippen LogP contribution in [0.15, 0.2) is 16.8 Å². The molecule has 0 bridgehead atoms. The molecule has 2 heterocycles. The second-order valence-electron chi connectivity index (χ2n) is 7.34. The van der Waals surface area contributed by atoms with Crippen molar-refractivity contribution in [1.82, 2.24) is 10.2 Å². The highest BCUT2D eigenvalue weighted by Crippen LogP contribution is 2.28. The highest BCUT2D eigenvalue weighted by Gasteiger charge is 2.20. The maximum Gasteiger partial charge on any atom is 0.220 e. The fourth-order valence-corrected chi connectivity index (χ4v) is 4.63. The predicted molar refractivity (Wildman–Crippen MR) is 96.5 cm³/mol. The van der Waals surface area contributed by atoms with E-state index in [1.54, 1.807) is 11.3 Å². The zero-order valence-electron chi connectivity index (χ0n) is 14.1. The fourth-order valence-electron chi connectivity index (χ4n) is 3.97. The van der Waals surface area contributed by atoms with Crippen molar-refractivity contribution >= 4 is 17.2 Å². The third-order valence-electron chi connectivity index (χ3n) is 5.54. The number of hydrogen-bond acceptors (Lipinski definition) is 3. The number of nitrogens with one attached hydrogen (secondary N) is 1. The molecule has 1 aromatic rings. The van der Waals surface area contributed by atoms with Crippen molar-refractivity contribution in [1.29, 1.82) is 0 Å². The third kappa shape index (κ3) is 5.61. The number of carbonyl (C=O) groups is 1. The maximum absolute atomic E-state index is 12.0. The lowest BCUT2D eigenvalue weighted by atomic mass is 9.96. The van der Waals surface area contributed by atoms with Gasteiger partial charge in [-0.15, -0.1) is 0 Å². The van der Waals surface area contributed by atoms with Crippen LogP contribution in [0, 0.1) is 11.8 Å². The molecule has 0 unspecified atom stereocenters. The number of nitrogens with zero attached hydrogens (tertiary/aromatic N) is 1. The molecule has 0 radical (unpaired) electrons. The van der Waals surface area contributed by atoms with Gasteiger partial charge in [0.05, 0.1) is 0 Å². The van der Waals surface area contributed by atoms with Gasteiger partial charge in [-0.2, -0.15) is 11.3 Å². The van der Waals surface area contributed by atoms with Crippen molar-refractivity contribution in [2.75, 3.05) is 19.6 Å². The van der Waals surface area contributed by atoms with E-state index in [2.05, 4.69) is 27.0 Å². The fraction of sp³-hybridized carbons (Fsp3) is 0.737. The van der Waals surface area contributed by atoms with Crippen LogP contribution in [0.5, 0.6) is 0 Å². The average Bonchev–Trinajstić information content (AvgIpc) is 3.26. The second-order valence-corrected chi connectivity index (χ2v) is 8.12. The van der Waals surface area contributed by atoms with E-state index in [-0.39, 0.29) is 5.91 Å². The van der Waals surface area contributed by atoms with Gasteiger partial charge in [-0.3, -0.25) is 9.69 Å². The van der Waals surface area contributed by atoms with E-state index in [0.29, 0.717) is 5.92 Å². The van der Waals surface area contributed by atoms with Crippen LogP contribution >= 0.6 is 11.3 Å². The molecule has 1 aliphatic heterocycles. The van der Waals surface area contributed by atoms with Crippen LogP contribution in [-0.2, 0) is 11.3 Å². The molecule has 1 amide bonds. The lowest BCUT2D eigenvalue weighted by molar-refractivity contribution is -0.121. The Labute approximate surface area is 144 Å². The largest absolute Gasteiger partial charge is 0.356 e. The molecule has 1 N–H and O–H groups in total. The Bertz CT molecular complexity index is 460. The SMILES string of the molecule is O=C(CCC1CCCC1)NCC1CCN(Cc2ccsc2)CC1. The van der Waals surface area contributed by atoms with Gasteiger partial charge in [0.25, 0.3) is 0 Å². The van der Waals surface area contributed by atoms with Crippen LogP contribution in [0.2, 0.25) is 0 Å². The number of amides is 1. The molecule has 0 aromatic carbocycles. The molecule has 1 saturated carbocycles. The number of carbonyl (C=O) groups excluding carboxylic acids is 1. The molecule has 3 rings (SSSR count). The Morgan fingerprint density at radius 3 is 2.65 bits per heavy atom. The van der Waals surface area contributed by atoms with Gasteiger partial charge in [0.2, 0.25) is 5.91 Å². The van der Waals surface area contributed by atoms with Crippen molar-refractivity contribution in [3.63, 3.8) is 0 Å². The minimum absolute atomic E-state index is 0.276. The third-order valence-corrected chi connectivity index (χ3v) is 6.27. The molecule has 0 spiro atoms. The van der Waals surface area contributed by atoms with Gasteiger partial charge < -0.3 is 5.32 Å². The number of thiophene rings is 1. The first-order chi connectivity index (χ1) is 11.3. The van der Waals surface area contributed by atoms with E-state index >= 15 is 0 Å². The monoisotopic (exact) mass is 334 g/mol. The Balaban J connectivity index is 1.27. The number of piperidine rings is 1. The molecule has 3 nitrogen and oxygen atoms in total. The highest BCUT2D eigenvalue weighted by molar-refractivity contribution is 7.07. The smallest absolute Gasteiger partial charge is 0.220 e. The lowest BCUT2D eigenvalue weighted by Crippen LogP contribution is -2.38. The summed E-state index contributed by atoms with van der Waals surface area (Å²) < 4.78 is 0. The summed E-state index contributed by atoms with van der Waals surface area (Å²) in [4.78, 5) is 14.5. The Morgan fingerprint density at radius 1 is 1.17 bits per heavy atom. The first-order valence-electron chi connectivity index (χ1n) is 9.30. The number of likely N-dealkylation sites (tertiary alicyclic amines) is 1. The summed E-state index contributed by atoms with van der Waals surface area (Å²) in [6.07, 6.45) is 9.70. The van der Waals surface area contributed by atoms with Crippen molar-refractivity contribution in [3.05, 3.63) is 22.4 Å². The summed E-state index contributed by atoms with van der Waals surface area (Å²) in [5, 5.41) is 7.58. The van der Waals surface area contributed by atoms with Crippen molar-refractivity contribution < 1.29 is 4.79 Å². The Kier molecular flexibility index (Phi) is 6.52. The second kappa shape index (κ2) is 8.84. The van der Waals surface area contributed by atoms with Crippen LogP contribution in [0.25, 0.3) is 0 Å². The zero-order valence-corrected chi connectivity index (χ0v) is 15.0. The number of rotatable bonds is 7. The lowest BCUT2D eigenvalue weighted by Gasteiger charge is -2.31. The highest BCUT2D eigenvalue weighted by atomic mass is 32.1. The Morgan fingerprint density at radius 2 is 1.96 bits per heavy atom. The van der Waals surface area contributed by atoms with Crippen LogP contribution in [-0.4, -0.2) is 30.4 Å². The molecule has 2 aliphatic rings. The summed E-state index contributed by atoms with van der Waals surface area (Å²) in [7, 11) is 0. The molecule has 1 saturated heterocycles. The standard InChI is InChI=1S/C19H30N2OS/c22-19(6-5-16-3-1-2-4-16)20-13-17-7-10-21(11-8-17)14-18-9-12-23-15-18/h9,12,15-17H,1-8,10-11,13-14H2,(H,20,22). The topological polar surface area (TPSA) is 32.3 Å². The average molecular weight is 335 g/mol. The molecular formula is C19H30N2OS. The molecule has 4 heteroatoms. The van der Waals surface area contributed by atoms with Gasteiger partial charge in [-0.1, -0.05) is 25.7 Å². The van der Waals surface area contributed by atoms with Crippen LogP contribution < -0.4 is 5.32 Å². The Hall–Kier alpha value is -0.870. The van der Waals surface area contributed by atoms with Crippen LogP contribution in [0.3, 0.4) is 0 Å². The minimum atomic E-state index is 0.276. The molecule has 128 valence electrons. The van der Waals surface area contributed by atoms with E-state index in [0.717, 1.165) is 31.8 Å². The molecule has 1 aliphatic carbocycles. The molecular weight excluding hydrogens is 304 g/mol. The first-order valence-corrected chi connectivity index (χ1v) is 10.2. The molecule has 2 fully saturated rings. The summed E-state index contributed by atoms with van der Waals surface area (Å²) in [5.41, 5.74) is 1.44. The zero-order chi connectivity index (χ0) is 15.9. The van der Waals surface area contributed by atoms with Crippen LogP contribution in [0.4, 0.5) is 0 Å². The molecule has 1 aromatic heterocycles. The van der Waals surface area contributed by atoms with Gasteiger partial charge in [-0.05, 0) is 66.6 Å². The number of hydrogen-bond donors (Lipinski definition) is 1. The normalized spacial score (nSPS) is 20.9. The van der Waals surface area contributed by atoms with E-state index in [4.69, 9.17) is 0 Å². The summed E-state index contributed by atoms with van der Waals surface area (Å²) in [6.45, 7) is 4.30. The summed E-state index contributed by atoms with van der Waals surface area (Å²) in [6, 6.07) is 2.22. The van der Waals surface area contributed by atoms with E-state index in [1.165, 1.54) is 57.2 Å². The van der Waals surface area contributed by atoms with Crippen LogP contribution in [0.1, 0.15) is 56.9 Å². The minimum Gasteiger partial charge on any atom is -0.356 e. The van der Waals surface area contributed by atoms with Gasteiger partial charge in [0, 0.05) is 19.5 Å². The van der Waals surface area contributed by atoms with E-state index in [9.17, 15) is 4.79 Å². The quantitative estimate of drug-likeness (QED) is 0.816. The van der Waals surface area contributed by atoms with Gasteiger partial charge in [0.1, 0.15) is 0 Å². The van der Waals surface area contributed by atoms with Crippen molar-refractivity contribution in [3.8, 4) is 0 Å². The van der Waals surface area contributed by atoms with E-state index in [1.807, 2.05) is 0 Å². The first kappa shape index (κ1) is 17.0. The van der Waals surface area contributed by atoms with Crippen molar-refractivity contribution in [2.24, 2.45) is 11.8 Å². The van der Waals surface area contributed by atoms with Gasteiger partial charge in [0.15, 0.2) is 0 Å². The van der Waals surface area contributed by atoms with Gasteiger partial charge in [-0.25, -0.2) is 0 Å². The van der Waals surface area contributed by atoms with Crippen molar-refractivity contribution in [2.45, 2.75) is 57.9 Å². The summed E-state index contributed by atoms with van der Waals surface area (Å²) >= 11 is 1.78. The summed E-state index contributed by atoms with van der Waals surface area (Å²) in [5.74, 6) is 1.77. The molecule has 23 heavy (non-hydrogen) atoms. The maximum atomic E-state index is 12.0. The molecule has 0 atom stereocenters.